The minimum absolute atomic E-state index is 0.945. The number of nitrogens with one attached hydrogen (secondary N) is 1. The van der Waals surface area contributed by atoms with Crippen LogP contribution >= 0.6 is 45.2 Å². The molecule has 2 aromatic carbocycles. The molecule has 0 saturated heterocycles. The number of hydrogen-bond donors (Lipinski definition) is 1. The molecular weight excluding hydrogens is 556 g/mol. The molecule has 0 aliphatic rings. The van der Waals surface area contributed by atoms with Gasteiger partial charge in [-0.15, -0.1) is 0 Å². The van der Waals surface area contributed by atoms with Gasteiger partial charge in [0.05, 0.1) is 0 Å². The Hall–Kier alpha value is -0.0400. The lowest BCUT2D eigenvalue weighted by Crippen LogP contribution is -2.27. The Balaban J connectivity index is 1.85. The third kappa shape index (κ3) is 7.59. The molecule has 0 radical (unpaired) electrons. The summed E-state index contributed by atoms with van der Waals surface area (Å²) >= 11 is 1.45. The van der Waals surface area contributed by atoms with Gasteiger partial charge in [0, 0.05) is 11.3 Å². The number of rotatable bonds is 6. The first kappa shape index (κ1) is 19.3. The van der Waals surface area contributed by atoms with E-state index in [-0.39, 0.29) is 0 Å². The highest BCUT2D eigenvalue weighted by atomic mass is 127. The van der Waals surface area contributed by atoms with Crippen LogP contribution in [0.2, 0.25) is 0 Å². The largest absolute Gasteiger partial charge is 0.590 e. The Morgan fingerprint density at radius 3 is 1.39 bits per heavy atom. The molecule has 0 spiro atoms. The standard InChI is InChI=1S/C16H13I2NO2S2/c17-15-5-1-13(2-6-15)9-11-22(20)19-23(21)12-10-14-3-7-16(18)8-4-14/h1-12,19H/b11-9-,12-10+. The van der Waals surface area contributed by atoms with Gasteiger partial charge in [0.15, 0.2) is 0 Å². The van der Waals surface area contributed by atoms with Crippen LogP contribution in [0.25, 0.3) is 12.2 Å². The van der Waals surface area contributed by atoms with Gasteiger partial charge in [0.25, 0.3) is 0 Å². The summed E-state index contributed by atoms with van der Waals surface area (Å²) in [5, 5.41) is 2.97. The Morgan fingerprint density at radius 2 is 1.04 bits per heavy atom. The smallest absolute Gasteiger partial charge is 0.143 e. The Kier molecular flexibility index (Phi) is 8.44. The van der Waals surface area contributed by atoms with Crippen molar-refractivity contribution < 1.29 is 9.11 Å². The molecule has 120 valence electrons. The van der Waals surface area contributed by atoms with E-state index in [0.717, 1.165) is 18.3 Å². The zero-order chi connectivity index (χ0) is 16.7. The first-order chi connectivity index (χ1) is 11.0. The lowest BCUT2D eigenvalue weighted by Gasteiger charge is -2.06. The second kappa shape index (κ2) is 10.1. The van der Waals surface area contributed by atoms with Gasteiger partial charge in [0.2, 0.25) is 0 Å². The third-order valence-electron chi connectivity index (χ3n) is 2.67. The summed E-state index contributed by atoms with van der Waals surface area (Å²) in [6.45, 7) is 0. The molecular formula is C16H13I2NO2S2. The van der Waals surface area contributed by atoms with E-state index in [1.54, 1.807) is 12.2 Å². The van der Waals surface area contributed by atoms with Crippen molar-refractivity contribution in [1.82, 2.24) is 4.13 Å². The normalized spacial score (nSPS) is 14.4. The fourth-order valence-electron chi connectivity index (χ4n) is 1.57. The van der Waals surface area contributed by atoms with Gasteiger partial charge < -0.3 is 9.11 Å². The van der Waals surface area contributed by atoms with Crippen LogP contribution in [0.3, 0.4) is 0 Å². The van der Waals surface area contributed by atoms with Crippen molar-refractivity contribution in [1.29, 1.82) is 0 Å². The maximum atomic E-state index is 11.8. The van der Waals surface area contributed by atoms with Crippen molar-refractivity contribution in [2.45, 2.75) is 0 Å². The van der Waals surface area contributed by atoms with E-state index in [0.29, 0.717) is 0 Å². The topological polar surface area (TPSA) is 58.1 Å². The van der Waals surface area contributed by atoms with Gasteiger partial charge in [-0.3, -0.25) is 0 Å². The second-order valence-electron chi connectivity index (χ2n) is 4.39. The summed E-state index contributed by atoms with van der Waals surface area (Å²) in [5.41, 5.74) is 1.89. The Morgan fingerprint density at radius 1 is 0.696 bits per heavy atom. The van der Waals surface area contributed by atoms with Gasteiger partial charge in [0.1, 0.15) is 33.5 Å². The van der Waals surface area contributed by atoms with Crippen LogP contribution in [-0.2, 0) is 22.7 Å². The summed E-state index contributed by atoms with van der Waals surface area (Å²) in [6, 6.07) is 15.6. The molecule has 0 bridgehead atoms. The molecule has 0 fully saturated rings. The van der Waals surface area contributed by atoms with E-state index in [1.165, 1.54) is 10.8 Å². The molecule has 7 heteroatoms. The first-order valence-electron chi connectivity index (χ1n) is 6.48. The molecule has 2 unspecified atom stereocenters. The van der Waals surface area contributed by atoms with Crippen molar-refractivity contribution >= 4 is 80.1 Å². The molecule has 2 aromatic rings. The van der Waals surface area contributed by atoms with E-state index in [9.17, 15) is 9.11 Å². The fourth-order valence-corrected chi connectivity index (χ4v) is 3.94. The van der Waals surface area contributed by atoms with Gasteiger partial charge in [-0.1, -0.05) is 24.3 Å². The van der Waals surface area contributed by atoms with Crippen LogP contribution < -0.4 is 4.13 Å². The fraction of sp³-hybridized carbons (Fsp3) is 0. The maximum Gasteiger partial charge on any atom is 0.143 e. The van der Waals surface area contributed by atoms with Crippen LogP contribution in [0.15, 0.2) is 59.3 Å². The van der Waals surface area contributed by atoms with E-state index in [2.05, 4.69) is 49.3 Å². The number of hydrogen-bond acceptors (Lipinski definition) is 3. The van der Waals surface area contributed by atoms with Crippen molar-refractivity contribution in [2.24, 2.45) is 0 Å². The average molecular weight is 569 g/mol. The molecule has 23 heavy (non-hydrogen) atoms. The Labute approximate surface area is 169 Å². The summed E-state index contributed by atoms with van der Waals surface area (Å²) < 4.78 is 28.5. The van der Waals surface area contributed by atoms with Crippen molar-refractivity contribution in [3.05, 3.63) is 77.6 Å². The van der Waals surface area contributed by atoms with E-state index in [4.69, 9.17) is 0 Å². The monoisotopic (exact) mass is 569 g/mol. The van der Waals surface area contributed by atoms with Crippen molar-refractivity contribution in [3.63, 3.8) is 0 Å². The maximum absolute atomic E-state index is 11.8. The second-order valence-corrected chi connectivity index (χ2v) is 9.28. The molecule has 3 nitrogen and oxygen atoms in total. The molecule has 0 saturated carbocycles. The quantitative estimate of drug-likeness (QED) is 0.414. The van der Waals surface area contributed by atoms with Crippen LogP contribution in [0.1, 0.15) is 11.1 Å². The average Bonchev–Trinajstić information content (AvgIpc) is 2.54. The SMILES string of the molecule is [O-][S+](/C=C\c1ccc(I)cc1)N[S+]([O-])/C=C/c1ccc(I)cc1. The minimum Gasteiger partial charge on any atom is -0.590 e. The zero-order valence-corrected chi connectivity index (χ0v) is 17.8. The van der Waals surface area contributed by atoms with Crippen molar-refractivity contribution in [2.75, 3.05) is 0 Å². The van der Waals surface area contributed by atoms with Gasteiger partial charge in [-0.25, -0.2) is 0 Å². The lowest BCUT2D eigenvalue weighted by molar-refractivity contribution is 0.585. The van der Waals surface area contributed by atoms with Crippen LogP contribution in [0.4, 0.5) is 0 Å². The highest BCUT2D eigenvalue weighted by Crippen LogP contribution is 2.10. The Bertz CT molecular complexity index is 616. The minimum atomic E-state index is -1.50. The number of halogens is 2. The molecule has 0 aromatic heterocycles. The van der Waals surface area contributed by atoms with Gasteiger partial charge >= 0.3 is 0 Å². The summed E-state index contributed by atoms with van der Waals surface area (Å²) in [7, 11) is 0. The number of benzene rings is 2. The molecule has 2 rings (SSSR count). The van der Waals surface area contributed by atoms with Crippen LogP contribution in [0.5, 0.6) is 0 Å². The van der Waals surface area contributed by atoms with E-state index < -0.39 is 22.7 Å². The van der Waals surface area contributed by atoms with Gasteiger partial charge in [-0.2, -0.15) is 0 Å². The molecule has 1 N–H and O–H groups in total. The molecule has 0 heterocycles. The zero-order valence-electron chi connectivity index (χ0n) is 11.8. The first-order valence-corrected chi connectivity index (χ1v) is 11.1. The highest BCUT2D eigenvalue weighted by molar-refractivity contribution is 14.1. The predicted molar refractivity (Wildman–Crippen MR) is 116 cm³/mol. The highest BCUT2D eigenvalue weighted by Gasteiger charge is 2.11. The molecule has 0 amide bonds. The van der Waals surface area contributed by atoms with E-state index >= 15 is 0 Å². The van der Waals surface area contributed by atoms with Gasteiger partial charge in [-0.05, 0) is 92.7 Å². The lowest BCUT2D eigenvalue weighted by atomic mass is 10.2. The molecule has 2 atom stereocenters. The van der Waals surface area contributed by atoms with Crippen molar-refractivity contribution in [3.8, 4) is 0 Å². The predicted octanol–water partition coefficient (Wildman–Crippen LogP) is 4.45. The summed E-state index contributed by atoms with van der Waals surface area (Å²) in [6.07, 6.45) is 3.47. The molecule has 0 aliphatic heterocycles. The summed E-state index contributed by atoms with van der Waals surface area (Å²) in [4.78, 5) is 0. The molecule has 0 aliphatic carbocycles. The summed E-state index contributed by atoms with van der Waals surface area (Å²) in [5.74, 6) is 0. The van der Waals surface area contributed by atoms with Crippen LogP contribution in [-0.4, -0.2) is 9.11 Å². The van der Waals surface area contributed by atoms with E-state index in [1.807, 2.05) is 48.5 Å². The van der Waals surface area contributed by atoms with Crippen LogP contribution in [0, 0.1) is 7.14 Å². The third-order valence-corrected chi connectivity index (χ3v) is 6.19.